The van der Waals surface area contributed by atoms with E-state index in [0.717, 1.165) is 42.4 Å². The number of ketones is 1. The van der Waals surface area contributed by atoms with Crippen LogP contribution in [0.5, 0.6) is 0 Å². The molecule has 3 rings (SSSR count). The highest BCUT2D eigenvalue weighted by Gasteiger charge is 2.22. The second kappa shape index (κ2) is 5.72. The zero-order valence-electron chi connectivity index (χ0n) is 10.9. The van der Waals surface area contributed by atoms with Crippen LogP contribution in [0, 0.1) is 5.92 Å². The number of nitrogens with one attached hydrogen (secondary N) is 1. The molecule has 0 radical (unpaired) electrons. The van der Waals surface area contributed by atoms with Crippen LogP contribution in [-0.2, 0) is 7.05 Å². The Morgan fingerprint density at radius 1 is 1.37 bits per heavy atom. The molecule has 0 saturated carbocycles. The van der Waals surface area contributed by atoms with E-state index in [0.29, 0.717) is 0 Å². The van der Waals surface area contributed by atoms with Crippen molar-refractivity contribution in [1.82, 2.24) is 15.1 Å². The van der Waals surface area contributed by atoms with Crippen LogP contribution in [0.4, 0.5) is 0 Å². The first-order valence-corrected chi connectivity index (χ1v) is 6.42. The van der Waals surface area contributed by atoms with Gasteiger partial charge >= 0.3 is 0 Å². The molecule has 2 aromatic rings. The topological polar surface area (TPSA) is 46.9 Å². The molecule has 1 aromatic carbocycles. The second-order valence-electron chi connectivity index (χ2n) is 4.93. The Bertz CT molecular complexity index is 587. The summed E-state index contributed by atoms with van der Waals surface area (Å²) in [6, 6.07) is 5.87. The molecule has 0 amide bonds. The molecule has 1 saturated heterocycles. The van der Waals surface area contributed by atoms with E-state index in [2.05, 4.69) is 10.4 Å². The van der Waals surface area contributed by atoms with Gasteiger partial charge in [0.25, 0.3) is 0 Å². The van der Waals surface area contributed by atoms with Crippen molar-refractivity contribution in [2.45, 2.75) is 12.8 Å². The predicted molar refractivity (Wildman–Crippen MR) is 77.9 cm³/mol. The minimum absolute atomic E-state index is 0. The normalized spacial score (nSPS) is 16.3. The molecule has 1 fully saturated rings. The van der Waals surface area contributed by atoms with E-state index in [-0.39, 0.29) is 24.1 Å². The van der Waals surface area contributed by atoms with Gasteiger partial charge in [0.05, 0.1) is 11.7 Å². The summed E-state index contributed by atoms with van der Waals surface area (Å²) in [5.74, 6) is 0.455. The monoisotopic (exact) mass is 279 g/mol. The zero-order chi connectivity index (χ0) is 12.5. The van der Waals surface area contributed by atoms with Gasteiger partial charge in [0.2, 0.25) is 0 Å². The Balaban J connectivity index is 0.00000133. The number of fused-ring (bicyclic) bond motifs is 1. The fourth-order valence-corrected chi connectivity index (χ4v) is 2.62. The van der Waals surface area contributed by atoms with Crippen LogP contribution in [0.15, 0.2) is 24.4 Å². The lowest BCUT2D eigenvalue weighted by Gasteiger charge is -2.21. The van der Waals surface area contributed by atoms with E-state index in [9.17, 15) is 4.79 Å². The summed E-state index contributed by atoms with van der Waals surface area (Å²) in [6.45, 7) is 1.90. The third kappa shape index (κ3) is 2.65. The van der Waals surface area contributed by atoms with Crippen molar-refractivity contribution in [3.05, 3.63) is 30.0 Å². The maximum atomic E-state index is 12.4. The molecule has 102 valence electrons. The van der Waals surface area contributed by atoms with Crippen molar-refractivity contribution in [3.8, 4) is 0 Å². The van der Waals surface area contributed by atoms with Gasteiger partial charge in [0.15, 0.2) is 5.78 Å². The van der Waals surface area contributed by atoms with Gasteiger partial charge in [-0.05, 0) is 32.0 Å². The number of carbonyl (C=O) groups is 1. The molecular weight excluding hydrogens is 262 g/mol. The van der Waals surface area contributed by atoms with Crippen molar-refractivity contribution in [2.75, 3.05) is 13.1 Å². The predicted octanol–water partition coefficient (Wildman–Crippen LogP) is 2.18. The number of halogens is 1. The maximum Gasteiger partial charge on any atom is 0.166 e. The van der Waals surface area contributed by atoms with E-state index in [1.54, 1.807) is 0 Å². The number of hydrogen-bond acceptors (Lipinski definition) is 3. The van der Waals surface area contributed by atoms with Crippen molar-refractivity contribution in [3.63, 3.8) is 0 Å². The number of rotatable bonds is 2. The van der Waals surface area contributed by atoms with Gasteiger partial charge in [-0.25, -0.2) is 0 Å². The first kappa shape index (κ1) is 14.0. The highest BCUT2D eigenvalue weighted by Crippen LogP contribution is 2.21. The van der Waals surface area contributed by atoms with Gasteiger partial charge in [-0.15, -0.1) is 12.4 Å². The second-order valence-corrected chi connectivity index (χ2v) is 4.93. The van der Waals surface area contributed by atoms with Crippen LogP contribution in [0.1, 0.15) is 23.2 Å². The summed E-state index contributed by atoms with van der Waals surface area (Å²) < 4.78 is 1.81. The average Bonchev–Trinajstić information content (AvgIpc) is 2.80. The lowest BCUT2D eigenvalue weighted by atomic mass is 9.89. The minimum atomic E-state index is 0. The molecule has 1 aliphatic rings. The Hall–Kier alpha value is -1.39. The molecule has 1 N–H and O–H groups in total. The molecule has 1 aliphatic heterocycles. The first-order valence-electron chi connectivity index (χ1n) is 6.42. The number of hydrogen-bond donors (Lipinski definition) is 1. The van der Waals surface area contributed by atoms with E-state index in [4.69, 9.17) is 0 Å². The summed E-state index contributed by atoms with van der Waals surface area (Å²) in [5, 5.41) is 8.58. The van der Waals surface area contributed by atoms with Crippen molar-refractivity contribution < 1.29 is 4.79 Å². The quantitative estimate of drug-likeness (QED) is 0.857. The Labute approximate surface area is 118 Å². The first-order chi connectivity index (χ1) is 8.75. The van der Waals surface area contributed by atoms with Gasteiger partial charge in [-0.1, -0.05) is 12.1 Å². The number of carbonyl (C=O) groups excluding carboxylic acids is 1. The molecule has 0 aliphatic carbocycles. The molecule has 0 atom stereocenters. The third-order valence-corrected chi connectivity index (χ3v) is 3.74. The van der Waals surface area contributed by atoms with Crippen LogP contribution >= 0.6 is 12.4 Å². The largest absolute Gasteiger partial charge is 0.317 e. The van der Waals surface area contributed by atoms with E-state index in [1.165, 1.54) is 0 Å². The van der Waals surface area contributed by atoms with Crippen LogP contribution < -0.4 is 5.32 Å². The molecule has 2 heterocycles. The van der Waals surface area contributed by atoms with Gasteiger partial charge in [0.1, 0.15) is 0 Å². The van der Waals surface area contributed by atoms with Gasteiger partial charge < -0.3 is 5.32 Å². The maximum absolute atomic E-state index is 12.4. The molecule has 1 aromatic heterocycles. The molecule has 0 bridgehead atoms. The Morgan fingerprint density at radius 3 is 2.84 bits per heavy atom. The van der Waals surface area contributed by atoms with Gasteiger partial charge in [0, 0.05) is 23.9 Å². The standard InChI is InChI=1S/C14H17N3O.ClH/c1-17-13-8-11(2-3-12(13)9-16-17)14(18)10-4-6-15-7-5-10;/h2-3,8-10,15H,4-7H2,1H3;1H. The summed E-state index contributed by atoms with van der Waals surface area (Å²) in [6.07, 6.45) is 3.72. The summed E-state index contributed by atoms with van der Waals surface area (Å²) in [4.78, 5) is 12.4. The number of aromatic nitrogens is 2. The smallest absolute Gasteiger partial charge is 0.166 e. The fraction of sp³-hybridized carbons (Fsp3) is 0.429. The van der Waals surface area contributed by atoms with E-state index < -0.39 is 0 Å². The van der Waals surface area contributed by atoms with Crippen molar-refractivity contribution in [2.24, 2.45) is 13.0 Å². The average molecular weight is 280 g/mol. The number of nitrogens with zero attached hydrogens (tertiary/aromatic N) is 2. The Kier molecular flexibility index (Phi) is 4.22. The molecule has 5 heteroatoms. The molecule has 0 unspecified atom stereocenters. The van der Waals surface area contributed by atoms with Crippen molar-refractivity contribution in [1.29, 1.82) is 0 Å². The molecule has 0 spiro atoms. The van der Waals surface area contributed by atoms with Crippen molar-refractivity contribution >= 4 is 29.1 Å². The third-order valence-electron chi connectivity index (χ3n) is 3.74. The number of piperidine rings is 1. The summed E-state index contributed by atoms with van der Waals surface area (Å²) >= 11 is 0. The highest BCUT2D eigenvalue weighted by atomic mass is 35.5. The molecule has 4 nitrogen and oxygen atoms in total. The number of aryl methyl sites for hydroxylation is 1. The van der Waals surface area contributed by atoms with Crippen LogP contribution in [0.3, 0.4) is 0 Å². The lowest BCUT2D eigenvalue weighted by molar-refractivity contribution is 0.0895. The summed E-state index contributed by atoms with van der Waals surface area (Å²) in [5.41, 5.74) is 1.84. The SMILES string of the molecule is Cl.Cn1ncc2ccc(C(=O)C3CCNCC3)cc21. The van der Waals surface area contributed by atoms with Crippen LogP contribution in [0.25, 0.3) is 10.9 Å². The lowest BCUT2D eigenvalue weighted by Crippen LogP contribution is -2.31. The zero-order valence-corrected chi connectivity index (χ0v) is 11.7. The van der Waals surface area contributed by atoms with Gasteiger partial charge in [-0.3, -0.25) is 9.48 Å². The molecule has 19 heavy (non-hydrogen) atoms. The van der Waals surface area contributed by atoms with Gasteiger partial charge in [-0.2, -0.15) is 5.10 Å². The van der Waals surface area contributed by atoms with E-state index in [1.807, 2.05) is 36.1 Å². The van der Waals surface area contributed by atoms with Crippen LogP contribution in [0.2, 0.25) is 0 Å². The van der Waals surface area contributed by atoms with Crippen LogP contribution in [-0.4, -0.2) is 28.7 Å². The number of benzene rings is 1. The summed E-state index contributed by atoms with van der Waals surface area (Å²) in [7, 11) is 1.90. The number of Topliss-reactive ketones (excluding diaryl/α,β-unsaturated/α-hetero) is 1. The van der Waals surface area contributed by atoms with E-state index >= 15 is 0 Å². The minimum Gasteiger partial charge on any atom is -0.317 e. The highest BCUT2D eigenvalue weighted by molar-refractivity contribution is 6.00. The Morgan fingerprint density at radius 2 is 2.11 bits per heavy atom. The molecular formula is C14H18ClN3O. The fourth-order valence-electron chi connectivity index (χ4n) is 2.62.